The summed E-state index contributed by atoms with van der Waals surface area (Å²) >= 11 is 0. The SMILES string of the molecule is CC(c1nc(C2CN(C(=O)c3c[nH]c(=O)cn3)CC23CN(C(=O)[C@H]2CC2(F)F)C3)no1)n1ccc(C2CCCC2)n1. The van der Waals surface area contributed by atoms with Crippen molar-refractivity contribution in [2.24, 2.45) is 11.3 Å². The number of likely N-dealkylation sites (tertiary alicyclic amines) is 2. The molecule has 5 heterocycles. The zero-order chi connectivity index (χ0) is 28.5. The van der Waals surface area contributed by atoms with Gasteiger partial charge in [-0.3, -0.25) is 19.1 Å². The molecule has 0 radical (unpaired) electrons. The highest BCUT2D eigenvalue weighted by Crippen LogP contribution is 2.54. The predicted octanol–water partition coefficient (Wildman–Crippen LogP) is 2.34. The molecular weight excluding hydrogens is 538 g/mol. The van der Waals surface area contributed by atoms with Crippen molar-refractivity contribution in [2.75, 3.05) is 26.2 Å². The summed E-state index contributed by atoms with van der Waals surface area (Å²) in [6, 6.07) is 1.72. The number of carbonyl (C=O) groups is 2. The van der Waals surface area contributed by atoms with Crippen LogP contribution in [-0.4, -0.2) is 83.6 Å². The van der Waals surface area contributed by atoms with Crippen LogP contribution in [0.1, 0.15) is 84.8 Å². The van der Waals surface area contributed by atoms with Crippen LogP contribution in [0.2, 0.25) is 0 Å². The van der Waals surface area contributed by atoms with Crippen LogP contribution in [-0.2, 0) is 4.79 Å². The number of carbonyl (C=O) groups excluding carboxylic acids is 2. The summed E-state index contributed by atoms with van der Waals surface area (Å²) in [5, 5.41) is 9.04. The zero-order valence-corrected chi connectivity index (χ0v) is 22.5. The molecule has 2 aliphatic carbocycles. The highest BCUT2D eigenvalue weighted by Gasteiger charge is 2.66. The standard InChI is InChI=1S/C27H30F2N8O4/c1-15(37-7-6-19(33-37)16-4-2-3-5-16)23-32-22(34-41-23)18-11-35(25(40)20-9-31-21(38)10-30-20)12-26(18)13-36(14-26)24(39)17-8-27(17,28)29/h6-7,9-10,15-18H,2-5,8,11-14H2,1H3,(H,31,38)/t15?,17-,18?/m1/s1. The van der Waals surface area contributed by atoms with E-state index in [1.807, 2.05) is 23.9 Å². The minimum Gasteiger partial charge on any atom is -0.341 e. The van der Waals surface area contributed by atoms with Crippen molar-refractivity contribution < 1.29 is 22.9 Å². The van der Waals surface area contributed by atoms with Crippen molar-refractivity contribution in [3.8, 4) is 0 Å². The van der Waals surface area contributed by atoms with E-state index >= 15 is 0 Å². The van der Waals surface area contributed by atoms with Crippen molar-refractivity contribution in [1.82, 2.24) is 39.7 Å². The predicted molar refractivity (Wildman–Crippen MR) is 137 cm³/mol. The van der Waals surface area contributed by atoms with Gasteiger partial charge in [0, 0.05) is 56.3 Å². The Morgan fingerprint density at radius 1 is 1.17 bits per heavy atom. The van der Waals surface area contributed by atoms with Crippen molar-refractivity contribution in [1.29, 1.82) is 0 Å². The van der Waals surface area contributed by atoms with Crippen LogP contribution in [0, 0.1) is 11.3 Å². The summed E-state index contributed by atoms with van der Waals surface area (Å²) < 4.78 is 34.7. The number of H-pyrrole nitrogens is 1. The molecule has 2 saturated heterocycles. The van der Waals surface area contributed by atoms with Gasteiger partial charge in [-0.15, -0.1) is 0 Å². The van der Waals surface area contributed by atoms with Crippen LogP contribution >= 0.6 is 0 Å². The highest BCUT2D eigenvalue weighted by atomic mass is 19.3. The Kier molecular flexibility index (Phi) is 5.88. The smallest absolute Gasteiger partial charge is 0.274 e. The van der Waals surface area contributed by atoms with Gasteiger partial charge in [-0.2, -0.15) is 10.1 Å². The van der Waals surface area contributed by atoms with Crippen molar-refractivity contribution in [3.05, 3.63) is 58.1 Å². The maximum Gasteiger partial charge on any atom is 0.274 e. The Balaban J connectivity index is 1.12. The van der Waals surface area contributed by atoms with Gasteiger partial charge in [0.05, 0.1) is 17.8 Å². The molecule has 1 spiro atoms. The molecule has 3 aromatic heterocycles. The quantitative estimate of drug-likeness (QED) is 0.477. The van der Waals surface area contributed by atoms with Gasteiger partial charge in [-0.05, 0) is 25.8 Å². The number of aromatic amines is 1. The topological polar surface area (TPSA) is 143 Å². The summed E-state index contributed by atoms with van der Waals surface area (Å²) in [7, 11) is 0. The lowest BCUT2D eigenvalue weighted by atomic mass is 9.71. The molecule has 3 aromatic rings. The Morgan fingerprint density at radius 3 is 2.59 bits per heavy atom. The second kappa shape index (κ2) is 9.28. The summed E-state index contributed by atoms with van der Waals surface area (Å²) in [6.45, 7) is 2.81. The average Bonchev–Trinajstić information content (AvgIpc) is 3.59. The molecule has 2 aliphatic heterocycles. The van der Waals surface area contributed by atoms with E-state index in [2.05, 4.69) is 15.1 Å². The lowest BCUT2D eigenvalue weighted by Gasteiger charge is -2.50. The minimum atomic E-state index is -2.95. The Hall–Kier alpha value is -3.97. The third kappa shape index (κ3) is 4.43. The first-order chi connectivity index (χ1) is 19.6. The van der Waals surface area contributed by atoms with Crippen LogP contribution in [0.25, 0.3) is 0 Å². The van der Waals surface area contributed by atoms with Crippen molar-refractivity contribution in [2.45, 2.75) is 62.8 Å². The van der Waals surface area contributed by atoms with E-state index in [0.29, 0.717) is 17.6 Å². The van der Waals surface area contributed by atoms with Crippen LogP contribution in [0.5, 0.6) is 0 Å². The Morgan fingerprint density at radius 2 is 1.90 bits per heavy atom. The molecule has 12 nitrogen and oxygen atoms in total. The van der Waals surface area contributed by atoms with Crippen LogP contribution in [0.15, 0.2) is 34.0 Å². The summed E-state index contributed by atoms with van der Waals surface area (Å²) in [4.78, 5) is 51.5. The van der Waals surface area contributed by atoms with Gasteiger partial charge in [-0.25, -0.2) is 13.8 Å². The number of hydrogen-bond acceptors (Lipinski definition) is 8. The monoisotopic (exact) mass is 568 g/mol. The maximum atomic E-state index is 13.6. The van der Waals surface area contributed by atoms with Gasteiger partial charge >= 0.3 is 0 Å². The number of nitrogens with zero attached hydrogens (tertiary/aromatic N) is 7. The molecule has 1 N–H and O–H groups in total. The molecule has 2 unspecified atom stereocenters. The Labute approximate surface area is 233 Å². The molecule has 4 aliphatic rings. The molecule has 2 saturated carbocycles. The molecule has 2 amide bonds. The lowest BCUT2D eigenvalue weighted by molar-refractivity contribution is -0.147. The molecule has 0 bridgehead atoms. The number of hydrogen-bond donors (Lipinski definition) is 1. The summed E-state index contributed by atoms with van der Waals surface area (Å²) in [5.41, 5.74) is 0.0887. The van der Waals surface area contributed by atoms with E-state index in [4.69, 9.17) is 14.6 Å². The number of alkyl halides is 2. The highest BCUT2D eigenvalue weighted by molar-refractivity contribution is 5.92. The minimum absolute atomic E-state index is 0.0736. The van der Waals surface area contributed by atoms with E-state index in [9.17, 15) is 23.2 Å². The van der Waals surface area contributed by atoms with E-state index in [-0.39, 0.29) is 37.9 Å². The van der Waals surface area contributed by atoms with E-state index in [1.165, 1.54) is 23.9 Å². The number of rotatable bonds is 6. The van der Waals surface area contributed by atoms with E-state index in [1.54, 1.807) is 4.90 Å². The van der Waals surface area contributed by atoms with E-state index in [0.717, 1.165) is 24.7 Å². The third-order valence-corrected chi connectivity index (χ3v) is 9.20. The van der Waals surface area contributed by atoms with Gasteiger partial charge in [0.2, 0.25) is 5.91 Å². The van der Waals surface area contributed by atoms with Crippen LogP contribution in [0.3, 0.4) is 0 Å². The molecule has 3 atom stereocenters. The average molecular weight is 569 g/mol. The fourth-order valence-corrected chi connectivity index (χ4v) is 6.67. The second-order valence-corrected chi connectivity index (χ2v) is 12.0. The van der Waals surface area contributed by atoms with Crippen LogP contribution in [0.4, 0.5) is 8.78 Å². The molecule has 41 heavy (non-hydrogen) atoms. The largest absolute Gasteiger partial charge is 0.341 e. The number of amides is 2. The van der Waals surface area contributed by atoms with Gasteiger partial charge in [0.1, 0.15) is 17.7 Å². The van der Waals surface area contributed by atoms with Crippen molar-refractivity contribution in [3.63, 3.8) is 0 Å². The molecule has 0 aromatic carbocycles. The first-order valence-electron chi connectivity index (χ1n) is 14.0. The number of halogens is 2. The molecule has 14 heteroatoms. The fraction of sp³-hybridized carbons (Fsp3) is 0.593. The van der Waals surface area contributed by atoms with E-state index < -0.39 is 47.0 Å². The van der Waals surface area contributed by atoms with Gasteiger partial charge < -0.3 is 19.3 Å². The normalized spacial score (nSPS) is 25.4. The molecule has 4 fully saturated rings. The third-order valence-electron chi connectivity index (χ3n) is 9.20. The Bertz CT molecular complexity index is 1530. The number of aromatic nitrogens is 6. The molecule has 216 valence electrons. The van der Waals surface area contributed by atoms with Gasteiger partial charge in [0.15, 0.2) is 5.82 Å². The van der Waals surface area contributed by atoms with Gasteiger partial charge in [0.25, 0.3) is 23.3 Å². The fourth-order valence-electron chi connectivity index (χ4n) is 6.67. The first kappa shape index (κ1) is 26.0. The van der Waals surface area contributed by atoms with Crippen LogP contribution < -0.4 is 5.56 Å². The lowest BCUT2D eigenvalue weighted by Crippen LogP contribution is -2.62. The van der Waals surface area contributed by atoms with Crippen molar-refractivity contribution >= 4 is 11.8 Å². The first-order valence-corrected chi connectivity index (χ1v) is 14.0. The molecular formula is C27H30F2N8O4. The summed E-state index contributed by atoms with van der Waals surface area (Å²) in [5.74, 6) is -4.34. The maximum absolute atomic E-state index is 13.6. The van der Waals surface area contributed by atoms with Gasteiger partial charge in [-0.1, -0.05) is 18.0 Å². The summed E-state index contributed by atoms with van der Waals surface area (Å²) in [6.07, 6.45) is 8.50. The zero-order valence-electron chi connectivity index (χ0n) is 22.5. The number of nitrogens with one attached hydrogen (secondary N) is 1. The second-order valence-electron chi connectivity index (χ2n) is 12.0. The molecule has 7 rings (SSSR count).